The van der Waals surface area contributed by atoms with Crippen LogP contribution in [0.5, 0.6) is 0 Å². The molecule has 5 heteroatoms. The number of hydrogen-bond acceptors (Lipinski definition) is 2. The summed E-state index contributed by atoms with van der Waals surface area (Å²) in [6.45, 7) is 0.440. The molecule has 0 heterocycles. The van der Waals surface area contributed by atoms with Gasteiger partial charge >= 0.3 is 5.97 Å². The molecule has 0 aliphatic heterocycles. The van der Waals surface area contributed by atoms with Gasteiger partial charge in [-0.1, -0.05) is 36.8 Å². The number of nitrogens with one attached hydrogen (secondary N) is 1. The SMILES string of the molecule is O=C(O)c1ccc(C(=O)NCC2(c3ccccc3)CCC2)c(F)c1. The predicted octanol–water partition coefficient (Wildman–Crippen LogP) is 3.38. The Balaban J connectivity index is 1.72. The number of halogens is 1. The fraction of sp³-hybridized carbons (Fsp3) is 0.263. The molecule has 4 nitrogen and oxygen atoms in total. The molecule has 24 heavy (non-hydrogen) atoms. The molecule has 2 aromatic carbocycles. The predicted molar refractivity (Wildman–Crippen MR) is 87.7 cm³/mol. The quantitative estimate of drug-likeness (QED) is 0.885. The van der Waals surface area contributed by atoms with E-state index in [-0.39, 0.29) is 16.5 Å². The molecule has 1 aliphatic carbocycles. The summed E-state index contributed by atoms with van der Waals surface area (Å²) >= 11 is 0. The summed E-state index contributed by atoms with van der Waals surface area (Å²) in [7, 11) is 0. The number of carboxylic acids is 1. The molecule has 3 rings (SSSR count). The normalized spacial score (nSPS) is 15.4. The second kappa shape index (κ2) is 6.43. The van der Waals surface area contributed by atoms with Crippen molar-refractivity contribution >= 4 is 11.9 Å². The van der Waals surface area contributed by atoms with Crippen molar-refractivity contribution in [2.45, 2.75) is 24.7 Å². The zero-order chi connectivity index (χ0) is 17.2. The van der Waals surface area contributed by atoms with Crippen molar-refractivity contribution in [2.24, 2.45) is 0 Å². The number of rotatable bonds is 5. The van der Waals surface area contributed by atoms with E-state index in [1.807, 2.05) is 30.3 Å². The summed E-state index contributed by atoms with van der Waals surface area (Å²) in [5, 5.41) is 11.7. The molecule has 0 aromatic heterocycles. The van der Waals surface area contributed by atoms with Crippen LogP contribution in [0.15, 0.2) is 48.5 Å². The Bertz CT molecular complexity index is 769. The van der Waals surface area contributed by atoms with Gasteiger partial charge in [-0.3, -0.25) is 4.79 Å². The molecule has 0 radical (unpaired) electrons. The van der Waals surface area contributed by atoms with Crippen LogP contribution in [0.4, 0.5) is 4.39 Å². The van der Waals surface area contributed by atoms with Gasteiger partial charge in [0.1, 0.15) is 5.82 Å². The summed E-state index contributed by atoms with van der Waals surface area (Å²) < 4.78 is 14.0. The molecule has 0 unspecified atom stereocenters. The lowest BCUT2D eigenvalue weighted by Crippen LogP contribution is -2.45. The molecule has 0 atom stereocenters. The van der Waals surface area contributed by atoms with Gasteiger partial charge < -0.3 is 10.4 Å². The molecule has 2 N–H and O–H groups in total. The van der Waals surface area contributed by atoms with E-state index < -0.39 is 17.7 Å². The lowest BCUT2D eigenvalue weighted by atomic mass is 9.64. The van der Waals surface area contributed by atoms with Crippen LogP contribution < -0.4 is 5.32 Å². The van der Waals surface area contributed by atoms with Gasteiger partial charge in [-0.2, -0.15) is 0 Å². The van der Waals surface area contributed by atoms with E-state index >= 15 is 0 Å². The maximum absolute atomic E-state index is 14.0. The Kier molecular flexibility index (Phi) is 4.34. The number of benzene rings is 2. The van der Waals surface area contributed by atoms with Gasteiger partial charge in [0.2, 0.25) is 0 Å². The fourth-order valence-corrected chi connectivity index (χ4v) is 3.14. The van der Waals surface area contributed by atoms with Crippen LogP contribution in [-0.4, -0.2) is 23.5 Å². The summed E-state index contributed by atoms with van der Waals surface area (Å²) in [6, 6.07) is 13.3. The fourth-order valence-electron chi connectivity index (χ4n) is 3.14. The highest BCUT2D eigenvalue weighted by Gasteiger charge is 2.38. The van der Waals surface area contributed by atoms with Crippen molar-refractivity contribution in [3.05, 3.63) is 71.0 Å². The first-order chi connectivity index (χ1) is 11.5. The van der Waals surface area contributed by atoms with Crippen LogP contribution in [0.2, 0.25) is 0 Å². The zero-order valence-electron chi connectivity index (χ0n) is 13.1. The standard InChI is InChI=1S/C19H18FNO3/c20-16-11-13(18(23)24)7-8-15(16)17(22)21-12-19(9-4-10-19)14-5-2-1-3-6-14/h1-3,5-8,11H,4,9-10,12H2,(H,21,22)(H,23,24). The Hall–Kier alpha value is -2.69. The average molecular weight is 327 g/mol. The molecule has 0 saturated heterocycles. The van der Waals surface area contributed by atoms with Crippen molar-refractivity contribution < 1.29 is 19.1 Å². The molecule has 0 bridgehead atoms. The molecule has 1 aliphatic rings. The van der Waals surface area contributed by atoms with E-state index in [4.69, 9.17) is 5.11 Å². The van der Waals surface area contributed by atoms with Gasteiger partial charge in [0, 0.05) is 12.0 Å². The summed E-state index contributed by atoms with van der Waals surface area (Å²) in [4.78, 5) is 23.1. The van der Waals surface area contributed by atoms with Gasteiger partial charge in [0.25, 0.3) is 5.91 Å². The third kappa shape index (κ3) is 3.02. The number of aromatic carboxylic acids is 1. The lowest BCUT2D eigenvalue weighted by Gasteiger charge is -2.42. The highest BCUT2D eigenvalue weighted by molar-refractivity contribution is 5.96. The molecule has 1 fully saturated rings. The van der Waals surface area contributed by atoms with Gasteiger partial charge in [0.15, 0.2) is 0 Å². The smallest absolute Gasteiger partial charge is 0.335 e. The molecular formula is C19H18FNO3. The molecule has 1 saturated carbocycles. The first-order valence-corrected chi connectivity index (χ1v) is 7.88. The summed E-state index contributed by atoms with van der Waals surface area (Å²) in [5.74, 6) is -2.57. The number of carbonyl (C=O) groups excluding carboxylic acids is 1. The van der Waals surface area contributed by atoms with Crippen LogP contribution >= 0.6 is 0 Å². The Morgan fingerprint density at radius 1 is 1.12 bits per heavy atom. The Labute approximate surface area is 139 Å². The number of carbonyl (C=O) groups is 2. The average Bonchev–Trinajstić information content (AvgIpc) is 2.54. The van der Waals surface area contributed by atoms with E-state index in [0.717, 1.165) is 25.3 Å². The Morgan fingerprint density at radius 2 is 1.83 bits per heavy atom. The van der Waals surface area contributed by atoms with E-state index in [1.54, 1.807) is 0 Å². The highest BCUT2D eigenvalue weighted by atomic mass is 19.1. The first-order valence-electron chi connectivity index (χ1n) is 7.88. The maximum atomic E-state index is 14.0. The summed E-state index contributed by atoms with van der Waals surface area (Å²) in [6.07, 6.45) is 3.07. The number of amides is 1. The number of hydrogen-bond donors (Lipinski definition) is 2. The largest absolute Gasteiger partial charge is 0.478 e. The summed E-state index contributed by atoms with van der Waals surface area (Å²) in [5.41, 5.74) is 0.776. The van der Waals surface area contributed by atoms with Gasteiger partial charge in [-0.15, -0.1) is 0 Å². The van der Waals surface area contributed by atoms with Crippen LogP contribution in [0, 0.1) is 5.82 Å². The minimum Gasteiger partial charge on any atom is -0.478 e. The second-order valence-electron chi connectivity index (χ2n) is 6.18. The second-order valence-corrected chi connectivity index (χ2v) is 6.18. The van der Waals surface area contributed by atoms with Crippen LogP contribution in [0.1, 0.15) is 45.5 Å². The van der Waals surface area contributed by atoms with Gasteiger partial charge in [-0.25, -0.2) is 9.18 Å². The van der Waals surface area contributed by atoms with Crippen molar-refractivity contribution in [1.82, 2.24) is 5.32 Å². The van der Waals surface area contributed by atoms with Gasteiger partial charge in [-0.05, 0) is 36.6 Å². The first kappa shape index (κ1) is 16.2. The molecule has 124 valence electrons. The van der Waals surface area contributed by atoms with E-state index in [1.165, 1.54) is 17.7 Å². The topological polar surface area (TPSA) is 66.4 Å². The minimum atomic E-state index is -1.22. The molecule has 1 amide bonds. The van der Waals surface area contributed by atoms with E-state index in [0.29, 0.717) is 6.54 Å². The van der Waals surface area contributed by atoms with Crippen molar-refractivity contribution in [3.63, 3.8) is 0 Å². The van der Waals surface area contributed by atoms with E-state index in [2.05, 4.69) is 5.32 Å². The van der Waals surface area contributed by atoms with Crippen molar-refractivity contribution in [3.8, 4) is 0 Å². The Morgan fingerprint density at radius 3 is 2.38 bits per heavy atom. The third-order valence-electron chi connectivity index (χ3n) is 4.74. The van der Waals surface area contributed by atoms with Crippen molar-refractivity contribution in [1.29, 1.82) is 0 Å². The van der Waals surface area contributed by atoms with E-state index in [9.17, 15) is 14.0 Å². The molecule has 0 spiro atoms. The maximum Gasteiger partial charge on any atom is 0.335 e. The molecule has 2 aromatic rings. The third-order valence-corrected chi connectivity index (χ3v) is 4.74. The molecular weight excluding hydrogens is 309 g/mol. The lowest BCUT2D eigenvalue weighted by molar-refractivity contribution is 0.0695. The number of carboxylic acid groups (broad SMARTS) is 1. The monoisotopic (exact) mass is 327 g/mol. The van der Waals surface area contributed by atoms with Crippen LogP contribution in [0.25, 0.3) is 0 Å². The minimum absolute atomic E-state index is 0.0889. The van der Waals surface area contributed by atoms with Crippen LogP contribution in [0.3, 0.4) is 0 Å². The highest BCUT2D eigenvalue weighted by Crippen LogP contribution is 2.43. The van der Waals surface area contributed by atoms with Crippen molar-refractivity contribution in [2.75, 3.05) is 6.54 Å². The van der Waals surface area contributed by atoms with Crippen LogP contribution in [-0.2, 0) is 5.41 Å². The van der Waals surface area contributed by atoms with Gasteiger partial charge in [0.05, 0.1) is 11.1 Å². The zero-order valence-corrected chi connectivity index (χ0v) is 13.1.